The Morgan fingerprint density at radius 1 is 1.50 bits per heavy atom. The lowest BCUT2D eigenvalue weighted by molar-refractivity contribution is 0.467. The van der Waals surface area contributed by atoms with Crippen molar-refractivity contribution in [2.45, 2.75) is 13.8 Å². The Bertz CT molecular complexity index is 173. The van der Waals surface area contributed by atoms with Gasteiger partial charge in [-0.1, -0.05) is 0 Å². The summed E-state index contributed by atoms with van der Waals surface area (Å²) >= 11 is 0. The third kappa shape index (κ3) is 0.559. The van der Waals surface area contributed by atoms with Crippen LogP contribution < -0.4 is 0 Å². The Morgan fingerprint density at radius 3 is 2.25 bits per heavy atom. The van der Waals surface area contributed by atoms with Gasteiger partial charge in [0.15, 0.2) is 5.75 Å². The molecule has 0 atom stereocenters. The first-order valence-corrected chi connectivity index (χ1v) is 2.42. The van der Waals surface area contributed by atoms with Gasteiger partial charge in [-0.25, -0.2) is 0 Å². The summed E-state index contributed by atoms with van der Waals surface area (Å²) < 4.78 is 0. The zero-order chi connectivity index (χ0) is 6.15. The van der Waals surface area contributed by atoms with E-state index in [0.717, 1.165) is 5.69 Å². The molecule has 0 aliphatic heterocycles. The molecule has 0 fully saturated rings. The highest BCUT2D eigenvalue weighted by molar-refractivity contribution is 5.28. The predicted molar refractivity (Wildman–Crippen MR) is 29.7 cm³/mol. The number of nitrogens with zero attached hydrogens (tertiary/aromatic N) is 1. The van der Waals surface area contributed by atoms with Crippen molar-refractivity contribution in [3.63, 3.8) is 0 Å². The average Bonchev–Trinajstić information content (AvgIpc) is 1.98. The van der Waals surface area contributed by atoms with E-state index in [-0.39, 0.29) is 5.75 Å². The van der Waals surface area contributed by atoms with Gasteiger partial charge >= 0.3 is 0 Å². The van der Waals surface area contributed by atoms with Crippen LogP contribution in [-0.4, -0.2) is 15.3 Å². The van der Waals surface area contributed by atoms with Crippen LogP contribution in [0.2, 0.25) is 0 Å². The molecule has 2 N–H and O–H groups in total. The summed E-state index contributed by atoms with van der Waals surface area (Å²) in [4.78, 5) is 0. The van der Waals surface area contributed by atoms with Crippen LogP contribution in [0.4, 0.5) is 0 Å². The van der Waals surface area contributed by atoms with Gasteiger partial charge < -0.3 is 5.11 Å². The Kier molecular flexibility index (Phi) is 0.970. The molecule has 1 aromatic heterocycles. The molecule has 0 spiro atoms. The van der Waals surface area contributed by atoms with E-state index in [2.05, 4.69) is 10.2 Å². The third-order valence-electron chi connectivity index (χ3n) is 1.09. The summed E-state index contributed by atoms with van der Waals surface area (Å²) in [6.07, 6.45) is 0. The summed E-state index contributed by atoms with van der Waals surface area (Å²) in [5.41, 5.74) is 1.38. The summed E-state index contributed by atoms with van der Waals surface area (Å²) in [6, 6.07) is 0. The molecule has 0 saturated heterocycles. The number of rotatable bonds is 0. The number of aryl methyl sites for hydroxylation is 2. The maximum atomic E-state index is 8.95. The minimum atomic E-state index is 0.269. The Hall–Kier alpha value is -0.990. The van der Waals surface area contributed by atoms with E-state index < -0.39 is 0 Å². The molecule has 1 rings (SSSR count). The normalized spacial score (nSPS) is 9.75. The van der Waals surface area contributed by atoms with E-state index >= 15 is 0 Å². The van der Waals surface area contributed by atoms with E-state index in [1.165, 1.54) is 0 Å². The van der Waals surface area contributed by atoms with E-state index in [1.54, 1.807) is 13.8 Å². The summed E-state index contributed by atoms with van der Waals surface area (Å²) in [6.45, 7) is 3.52. The molecular weight excluding hydrogens is 104 g/mol. The fourth-order valence-corrected chi connectivity index (χ4v) is 0.545. The van der Waals surface area contributed by atoms with Gasteiger partial charge in [0, 0.05) is 0 Å². The van der Waals surface area contributed by atoms with Gasteiger partial charge in [-0.15, -0.1) is 0 Å². The van der Waals surface area contributed by atoms with Crippen LogP contribution in [-0.2, 0) is 0 Å². The maximum Gasteiger partial charge on any atom is 0.159 e. The smallest absolute Gasteiger partial charge is 0.159 e. The number of nitrogens with one attached hydrogen (secondary N) is 1. The monoisotopic (exact) mass is 112 g/mol. The molecule has 0 radical (unpaired) electrons. The number of aromatic hydroxyl groups is 1. The standard InChI is InChI=1S/C5H8N2O/c1-3-5(8)4(2)7-6-3/h8H,1-2H3,(H,6,7). The molecule has 3 heteroatoms. The second-order valence-electron chi connectivity index (χ2n) is 1.78. The van der Waals surface area contributed by atoms with Crippen LogP contribution in [0.5, 0.6) is 5.75 Å². The molecule has 44 valence electrons. The highest BCUT2D eigenvalue weighted by atomic mass is 16.3. The molecule has 0 bridgehead atoms. The second-order valence-corrected chi connectivity index (χ2v) is 1.78. The molecule has 8 heavy (non-hydrogen) atoms. The zero-order valence-corrected chi connectivity index (χ0v) is 4.89. The second kappa shape index (κ2) is 1.51. The van der Waals surface area contributed by atoms with Crippen LogP contribution in [0, 0.1) is 13.8 Å². The van der Waals surface area contributed by atoms with E-state index in [9.17, 15) is 0 Å². The first-order chi connectivity index (χ1) is 3.72. The van der Waals surface area contributed by atoms with Crippen molar-refractivity contribution in [2.24, 2.45) is 0 Å². The maximum absolute atomic E-state index is 8.95. The van der Waals surface area contributed by atoms with Gasteiger partial charge in [0.2, 0.25) is 0 Å². The number of hydrogen-bond donors (Lipinski definition) is 2. The van der Waals surface area contributed by atoms with Crippen molar-refractivity contribution in [1.29, 1.82) is 0 Å². The summed E-state index contributed by atoms with van der Waals surface area (Å²) in [5.74, 6) is 0.269. The molecule has 0 aliphatic rings. The van der Waals surface area contributed by atoms with Gasteiger partial charge in [0.25, 0.3) is 0 Å². The highest BCUT2D eigenvalue weighted by Gasteiger charge is 2.00. The van der Waals surface area contributed by atoms with Crippen molar-refractivity contribution in [3.8, 4) is 5.75 Å². The van der Waals surface area contributed by atoms with Crippen LogP contribution in [0.15, 0.2) is 0 Å². The van der Waals surface area contributed by atoms with E-state index in [4.69, 9.17) is 5.11 Å². The number of H-pyrrole nitrogens is 1. The molecule has 0 unspecified atom stereocenters. The molecule has 0 amide bonds. The lowest BCUT2D eigenvalue weighted by atomic mass is 10.4. The Balaban J connectivity index is 3.19. The van der Waals surface area contributed by atoms with Crippen molar-refractivity contribution in [1.82, 2.24) is 10.2 Å². The van der Waals surface area contributed by atoms with E-state index in [0.29, 0.717) is 5.69 Å². The highest BCUT2D eigenvalue weighted by Crippen LogP contribution is 2.15. The minimum absolute atomic E-state index is 0.269. The largest absolute Gasteiger partial charge is 0.504 e. The predicted octanol–water partition coefficient (Wildman–Crippen LogP) is 0.732. The van der Waals surface area contributed by atoms with Gasteiger partial charge in [-0.05, 0) is 13.8 Å². The van der Waals surface area contributed by atoms with Gasteiger partial charge in [0.05, 0.1) is 5.69 Å². The van der Waals surface area contributed by atoms with Gasteiger partial charge in [0.1, 0.15) is 5.69 Å². The van der Waals surface area contributed by atoms with Crippen molar-refractivity contribution >= 4 is 0 Å². The molecule has 1 aromatic rings. The van der Waals surface area contributed by atoms with E-state index in [1.807, 2.05) is 0 Å². The molecule has 0 aliphatic carbocycles. The number of aromatic amines is 1. The fraction of sp³-hybridized carbons (Fsp3) is 0.400. The zero-order valence-electron chi connectivity index (χ0n) is 4.89. The van der Waals surface area contributed by atoms with Crippen molar-refractivity contribution < 1.29 is 5.11 Å². The molecule has 3 nitrogen and oxygen atoms in total. The van der Waals surface area contributed by atoms with Gasteiger partial charge in [-0.2, -0.15) is 5.10 Å². The molecule has 1 heterocycles. The Labute approximate surface area is 47.4 Å². The topological polar surface area (TPSA) is 48.9 Å². The summed E-state index contributed by atoms with van der Waals surface area (Å²) in [7, 11) is 0. The number of aromatic nitrogens is 2. The van der Waals surface area contributed by atoms with Crippen LogP contribution in [0.1, 0.15) is 11.4 Å². The quantitative estimate of drug-likeness (QED) is 0.519. The minimum Gasteiger partial charge on any atom is -0.504 e. The molecule has 0 aromatic carbocycles. The number of hydrogen-bond acceptors (Lipinski definition) is 2. The van der Waals surface area contributed by atoms with Crippen LogP contribution >= 0.6 is 0 Å². The van der Waals surface area contributed by atoms with Crippen LogP contribution in [0.25, 0.3) is 0 Å². The van der Waals surface area contributed by atoms with Crippen LogP contribution in [0.3, 0.4) is 0 Å². The third-order valence-corrected chi connectivity index (χ3v) is 1.09. The molecular formula is C5H8N2O. The van der Waals surface area contributed by atoms with Crippen molar-refractivity contribution in [3.05, 3.63) is 11.4 Å². The van der Waals surface area contributed by atoms with Gasteiger partial charge in [-0.3, -0.25) is 5.10 Å². The first kappa shape index (κ1) is 5.15. The Morgan fingerprint density at radius 2 is 2.12 bits per heavy atom. The average molecular weight is 112 g/mol. The summed E-state index contributed by atoms with van der Waals surface area (Å²) in [5, 5.41) is 15.3. The lowest BCUT2D eigenvalue weighted by Crippen LogP contribution is -1.68. The van der Waals surface area contributed by atoms with Crippen molar-refractivity contribution in [2.75, 3.05) is 0 Å². The fourth-order valence-electron chi connectivity index (χ4n) is 0.545. The molecule has 0 saturated carbocycles. The SMILES string of the molecule is Cc1n[nH]c(C)c1O. The first-order valence-electron chi connectivity index (χ1n) is 2.42. The lowest BCUT2D eigenvalue weighted by Gasteiger charge is -1.83.